The molecule has 0 bridgehead atoms. The van der Waals surface area contributed by atoms with Gasteiger partial charge in [0.25, 0.3) is 5.56 Å². The first-order valence-electron chi connectivity index (χ1n) is 8.56. The quantitative estimate of drug-likeness (QED) is 0.543. The molecule has 0 atom stereocenters. The predicted octanol–water partition coefficient (Wildman–Crippen LogP) is 4.49. The summed E-state index contributed by atoms with van der Waals surface area (Å²) >= 11 is 0. The lowest BCUT2D eigenvalue weighted by Crippen LogP contribution is -2.13. The highest BCUT2D eigenvalue weighted by Crippen LogP contribution is 2.28. The van der Waals surface area contributed by atoms with E-state index in [0.717, 1.165) is 27.9 Å². The third kappa shape index (κ3) is 4.09. The van der Waals surface area contributed by atoms with Crippen LogP contribution in [0.15, 0.2) is 59.7 Å². The molecule has 4 heteroatoms. The Morgan fingerprint density at radius 2 is 1.69 bits per heavy atom. The number of H-pyrrole nitrogens is 1. The molecule has 3 rings (SSSR count). The van der Waals surface area contributed by atoms with Crippen LogP contribution in [0.2, 0.25) is 0 Å². The number of hydrogen-bond acceptors (Lipinski definition) is 3. The van der Waals surface area contributed by atoms with Crippen LogP contribution >= 0.6 is 0 Å². The molecule has 2 aromatic carbocycles. The summed E-state index contributed by atoms with van der Waals surface area (Å²) in [7, 11) is 0. The maximum atomic E-state index is 12.2. The van der Waals surface area contributed by atoms with Gasteiger partial charge in [-0.1, -0.05) is 51.1 Å². The Morgan fingerprint density at radius 3 is 2.35 bits per heavy atom. The van der Waals surface area contributed by atoms with Crippen LogP contribution in [-0.4, -0.2) is 9.97 Å². The van der Waals surface area contributed by atoms with Crippen molar-refractivity contribution in [3.05, 3.63) is 81.9 Å². The van der Waals surface area contributed by atoms with Crippen LogP contribution in [-0.2, 0) is 5.41 Å². The van der Waals surface area contributed by atoms with Crippen LogP contribution in [0.5, 0.6) is 0 Å². The lowest BCUT2D eigenvalue weighted by atomic mass is 9.84. The summed E-state index contributed by atoms with van der Waals surface area (Å²) in [4.78, 5) is 19.1. The molecule has 4 nitrogen and oxygen atoms in total. The summed E-state index contributed by atoms with van der Waals surface area (Å²) in [5, 5.41) is 0. The third-order valence-corrected chi connectivity index (χ3v) is 4.21. The zero-order valence-electron chi connectivity index (χ0n) is 15.3. The zero-order chi connectivity index (χ0) is 18.7. The molecule has 1 aromatic heterocycles. The molecule has 0 fully saturated rings. The standard InChI is InChI=1S/C22H23N3O/c1-22(2,3)18-13-16(5-4-15-6-8-19(23)9-7-15)12-17(14-18)20-21(26)25-11-10-24-20/h4-14H,23H2,1-3H3,(H,25,26)/b5-4+. The fourth-order valence-corrected chi connectivity index (χ4v) is 2.67. The lowest BCUT2D eigenvalue weighted by Gasteiger charge is -2.20. The first-order chi connectivity index (χ1) is 12.3. The Hall–Kier alpha value is -3.14. The van der Waals surface area contributed by atoms with Gasteiger partial charge >= 0.3 is 0 Å². The average molecular weight is 345 g/mol. The first-order valence-corrected chi connectivity index (χ1v) is 8.56. The van der Waals surface area contributed by atoms with E-state index in [2.05, 4.69) is 36.8 Å². The van der Waals surface area contributed by atoms with Crippen molar-refractivity contribution in [3.63, 3.8) is 0 Å². The van der Waals surface area contributed by atoms with E-state index < -0.39 is 0 Å². The molecule has 26 heavy (non-hydrogen) atoms. The molecule has 3 N–H and O–H groups in total. The average Bonchev–Trinajstić information content (AvgIpc) is 2.61. The second kappa shape index (κ2) is 7.00. The van der Waals surface area contributed by atoms with Crippen LogP contribution in [0.4, 0.5) is 5.69 Å². The molecule has 0 spiro atoms. The summed E-state index contributed by atoms with van der Waals surface area (Å²) in [6.07, 6.45) is 7.22. The summed E-state index contributed by atoms with van der Waals surface area (Å²) in [5.74, 6) is 0. The smallest absolute Gasteiger partial charge is 0.274 e. The summed E-state index contributed by atoms with van der Waals surface area (Å²) in [6.45, 7) is 6.46. The number of hydrogen-bond donors (Lipinski definition) is 2. The number of aromatic nitrogens is 2. The van der Waals surface area contributed by atoms with Crippen LogP contribution in [0, 0.1) is 0 Å². The Labute approximate surface area is 153 Å². The van der Waals surface area contributed by atoms with E-state index in [0.29, 0.717) is 5.69 Å². The minimum absolute atomic E-state index is 0.0403. The van der Waals surface area contributed by atoms with Crippen molar-refractivity contribution < 1.29 is 0 Å². The number of nitrogens with two attached hydrogens (primary N) is 1. The second-order valence-electron chi connectivity index (χ2n) is 7.36. The highest BCUT2D eigenvalue weighted by Gasteiger charge is 2.16. The number of nitrogens with zero attached hydrogens (tertiary/aromatic N) is 1. The number of aromatic amines is 1. The van der Waals surface area contributed by atoms with Crippen molar-refractivity contribution in [2.75, 3.05) is 5.73 Å². The number of nitrogens with one attached hydrogen (secondary N) is 1. The van der Waals surface area contributed by atoms with Gasteiger partial charge in [-0.05, 0) is 46.4 Å². The van der Waals surface area contributed by atoms with E-state index in [1.54, 1.807) is 12.4 Å². The molecule has 0 aliphatic heterocycles. The van der Waals surface area contributed by atoms with Crippen molar-refractivity contribution >= 4 is 17.8 Å². The minimum atomic E-state index is -0.188. The van der Waals surface area contributed by atoms with Gasteiger partial charge in [0.2, 0.25) is 0 Å². The molecule has 132 valence electrons. The monoisotopic (exact) mass is 345 g/mol. The third-order valence-electron chi connectivity index (χ3n) is 4.21. The lowest BCUT2D eigenvalue weighted by molar-refractivity contribution is 0.590. The molecule has 0 aliphatic rings. The van der Waals surface area contributed by atoms with Gasteiger partial charge < -0.3 is 10.7 Å². The second-order valence-corrected chi connectivity index (χ2v) is 7.36. The van der Waals surface area contributed by atoms with Gasteiger partial charge in [0.05, 0.1) is 0 Å². The van der Waals surface area contributed by atoms with Gasteiger partial charge in [-0.15, -0.1) is 0 Å². The molecule has 0 saturated heterocycles. The molecule has 1 heterocycles. The summed E-state index contributed by atoms with van der Waals surface area (Å²) < 4.78 is 0. The van der Waals surface area contributed by atoms with Crippen molar-refractivity contribution in [1.29, 1.82) is 0 Å². The molecular weight excluding hydrogens is 322 g/mol. The van der Waals surface area contributed by atoms with Crippen molar-refractivity contribution in [1.82, 2.24) is 9.97 Å². The fourth-order valence-electron chi connectivity index (χ4n) is 2.67. The van der Waals surface area contributed by atoms with Gasteiger partial charge in [0.15, 0.2) is 0 Å². The predicted molar refractivity (Wildman–Crippen MR) is 109 cm³/mol. The molecule has 0 amide bonds. The normalized spacial score (nSPS) is 11.8. The topological polar surface area (TPSA) is 71.8 Å². The molecule has 0 saturated carbocycles. The van der Waals surface area contributed by atoms with Crippen LogP contribution in [0.25, 0.3) is 23.4 Å². The van der Waals surface area contributed by atoms with Crippen molar-refractivity contribution in [2.45, 2.75) is 26.2 Å². The van der Waals surface area contributed by atoms with E-state index in [9.17, 15) is 4.79 Å². The molecular formula is C22H23N3O. The van der Waals surface area contributed by atoms with E-state index in [1.807, 2.05) is 48.6 Å². The van der Waals surface area contributed by atoms with Gasteiger partial charge in [0, 0.05) is 23.6 Å². The van der Waals surface area contributed by atoms with E-state index >= 15 is 0 Å². The van der Waals surface area contributed by atoms with Crippen molar-refractivity contribution in [2.24, 2.45) is 0 Å². The molecule has 0 radical (unpaired) electrons. The maximum Gasteiger partial charge on any atom is 0.274 e. The van der Waals surface area contributed by atoms with Crippen LogP contribution < -0.4 is 11.3 Å². The molecule has 0 unspecified atom stereocenters. The highest BCUT2D eigenvalue weighted by atomic mass is 16.1. The Kier molecular flexibility index (Phi) is 4.76. The molecule has 3 aromatic rings. The Bertz CT molecular complexity index is 993. The number of rotatable bonds is 3. The SMILES string of the molecule is CC(C)(C)c1cc(/C=C/c2ccc(N)cc2)cc(-c2ncc[nH]c2=O)c1. The van der Waals surface area contributed by atoms with E-state index in [1.165, 1.54) is 0 Å². The van der Waals surface area contributed by atoms with Crippen LogP contribution in [0.3, 0.4) is 0 Å². The number of benzene rings is 2. The maximum absolute atomic E-state index is 12.2. The largest absolute Gasteiger partial charge is 0.399 e. The first kappa shape index (κ1) is 17.7. The zero-order valence-corrected chi connectivity index (χ0v) is 15.3. The Balaban J connectivity index is 2.07. The fraction of sp³-hybridized carbons (Fsp3) is 0.182. The van der Waals surface area contributed by atoms with Crippen molar-refractivity contribution in [3.8, 4) is 11.3 Å². The number of anilines is 1. The summed E-state index contributed by atoms with van der Waals surface area (Å²) in [5.41, 5.74) is 10.7. The van der Waals surface area contributed by atoms with Gasteiger partial charge in [-0.25, -0.2) is 4.98 Å². The highest BCUT2D eigenvalue weighted by molar-refractivity contribution is 5.74. The van der Waals surface area contributed by atoms with Crippen LogP contribution in [0.1, 0.15) is 37.5 Å². The van der Waals surface area contributed by atoms with E-state index in [-0.39, 0.29) is 11.0 Å². The molecule has 0 aliphatic carbocycles. The Morgan fingerprint density at radius 1 is 1.00 bits per heavy atom. The summed E-state index contributed by atoms with van der Waals surface area (Å²) in [6, 6.07) is 13.9. The minimum Gasteiger partial charge on any atom is -0.399 e. The number of nitrogen functional groups attached to an aromatic ring is 1. The van der Waals surface area contributed by atoms with Gasteiger partial charge in [-0.3, -0.25) is 4.79 Å². The van der Waals surface area contributed by atoms with E-state index in [4.69, 9.17) is 5.73 Å². The van der Waals surface area contributed by atoms with Gasteiger partial charge in [0.1, 0.15) is 5.69 Å². The van der Waals surface area contributed by atoms with Gasteiger partial charge in [-0.2, -0.15) is 0 Å².